The van der Waals surface area contributed by atoms with Crippen LogP contribution in [0.5, 0.6) is 0 Å². The lowest BCUT2D eigenvalue weighted by atomic mass is 10.1. The molecule has 0 saturated heterocycles. The number of aliphatic hydroxyl groups excluding tert-OH is 3. The van der Waals surface area contributed by atoms with Crippen molar-refractivity contribution in [1.82, 2.24) is 19.9 Å². The fourth-order valence-electron chi connectivity index (χ4n) is 5.09. The highest BCUT2D eigenvalue weighted by Gasteiger charge is 2.41. The molecular formula is C26H36N6O3S. The summed E-state index contributed by atoms with van der Waals surface area (Å²) in [6.07, 6.45) is 3.54. The minimum Gasteiger partial charge on any atom is -0.396 e. The van der Waals surface area contributed by atoms with E-state index in [1.54, 1.807) is 11.3 Å². The van der Waals surface area contributed by atoms with E-state index in [2.05, 4.69) is 36.4 Å². The first-order chi connectivity index (χ1) is 17.2. The third-order valence-corrected chi connectivity index (χ3v) is 8.37. The number of aromatic nitrogens is 4. The molecule has 5 N–H and O–H groups in total. The minimum absolute atomic E-state index is 0.179. The molecule has 2 fully saturated rings. The maximum atomic E-state index is 10.7. The van der Waals surface area contributed by atoms with Crippen LogP contribution in [0.25, 0.3) is 20.8 Å². The summed E-state index contributed by atoms with van der Waals surface area (Å²) in [4.78, 5) is 19.2. The number of nitrogens with one attached hydrogen (secondary N) is 2. The van der Waals surface area contributed by atoms with Gasteiger partial charge in [-0.3, -0.25) is 4.98 Å². The van der Waals surface area contributed by atoms with Gasteiger partial charge < -0.3 is 26.0 Å². The second-order valence-electron chi connectivity index (χ2n) is 10.8. The van der Waals surface area contributed by atoms with Crippen molar-refractivity contribution in [2.75, 3.05) is 17.2 Å². The Bertz CT molecular complexity index is 1230. The molecule has 2 saturated carbocycles. The van der Waals surface area contributed by atoms with E-state index in [0.717, 1.165) is 38.6 Å². The molecule has 0 amide bonds. The van der Waals surface area contributed by atoms with Crippen molar-refractivity contribution in [3.8, 4) is 10.6 Å². The highest BCUT2D eigenvalue weighted by Crippen LogP contribution is 2.39. The van der Waals surface area contributed by atoms with Crippen LogP contribution in [0.15, 0.2) is 12.3 Å². The molecule has 2 aliphatic carbocycles. The SMILES string of the molecule is Cc1nc(NC(C)C2CC2)nc(NC2CC(CO)C(O)C2O)c1-c1nc2c(CC(C)C)nccc2s1. The Hall–Kier alpha value is -2.40. The average molecular weight is 513 g/mol. The third-order valence-electron chi connectivity index (χ3n) is 7.33. The van der Waals surface area contributed by atoms with E-state index in [9.17, 15) is 15.3 Å². The van der Waals surface area contributed by atoms with Crippen molar-refractivity contribution in [1.29, 1.82) is 0 Å². The maximum absolute atomic E-state index is 10.7. The number of aryl methyl sites for hydroxylation is 1. The van der Waals surface area contributed by atoms with Crippen LogP contribution in [-0.4, -0.2) is 66.2 Å². The van der Waals surface area contributed by atoms with Crippen LogP contribution in [0.3, 0.4) is 0 Å². The second-order valence-corrected chi connectivity index (χ2v) is 11.8. The van der Waals surface area contributed by atoms with Crippen molar-refractivity contribution < 1.29 is 15.3 Å². The van der Waals surface area contributed by atoms with Crippen molar-refractivity contribution in [2.24, 2.45) is 17.8 Å². The van der Waals surface area contributed by atoms with Gasteiger partial charge in [0, 0.05) is 24.8 Å². The van der Waals surface area contributed by atoms with Gasteiger partial charge in [-0.25, -0.2) is 9.97 Å². The summed E-state index contributed by atoms with van der Waals surface area (Å²) in [5.41, 5.74) is 3.44. The molecule has 0 aromatic carbocycles. The Morgan fingerprint density at radius 1 is 1.11 bits per heavy atom. The standard InChI is InChI=1S/C26H36N6O3S/c1-12(2)9-17-21-19(7-8-27-17)36-25(31-21)20-14(4)29-26(28-13(3)15-5-6-15)32-24(20)30-18-10-16(11-33)22(34)23(18)35/h7-8,12-13,15-16,18,22-23,33-35H,5-6,9-11H2,1-4H3,(H2,28,29,30,32). The number of thiazole rings is 1. The van der Waals surface area contributed by atoms with Crippen LogP contribution in [-0.2, 0) is 6.42 Å². The highest BCUT2D eigenvalue weighted by molar-refractivity contribution is 7.21. The van der Waals surface area contributed by atoms with Crippen LogP contribution in [0, 0.1) is 24.7 Å². The predicted octanol–water partition coefficient (Wildman–Crippen LogP) is 3.38. The molecule has 5 atom stereocenters. The molecule has 3 aromatic heterocycles. The summed E-state index contributed by atoms with van der Waals surface area (Å²) in [7, 11) is 0. The Labute approximate surface area is 215 Å². The second kappa shape index (κ2) is 10.2. The van der Waals surface area contributed by atoms with Gasteiger partial charge >= 0.3 is 0 Å². The first-order valence-electron chi connectivity index (χ1n) is 12.9. The van der Waals surface area contributed by atoms with Crippen LogP contribution in [0.2, 0.25) is 0 Å². The summed E-state index contributed by atoms with van der Waals surface area (Å²) in [6, 6.07) is 1.80. The highest BCUT2D eigenvalue weighted by atomic mass is 32.1. The molecule has 5 unspecified atom stereocenters. The van der Waals surface area contributed by atoms with Gasteiger partial charge in [0.1, 0.15) is 22.4 Å². The number of fused-ring (bicyclic) bond motifs is 1. The Morgan fingerprint density at radius 2 is 1.89 bits per heavy atom. The fourth-order valence-corrected chi connectivity index (χ4v) is 6.17. The zero-order chi connectivity index (χ0) is 25.6. The molecule has 0 bridgehead atoms. The lowest BCUT2D eigenvalue weighted by Crippen LogP contribution is -2.36. The molecular weight excluding hydrogens is 476 g/mol. The molecule has 3 heterocycles. The van der Waals surface area contributed by atoms with E-state index >= 15 is 0 Å². The minimum atomic E-state index is -1.01. The van der Waals surface area contributed by atoms with E-state index in [-0.39, 0.29) is 18.6 Å². The van der Waals surface area contributed by atoms with E-state index in [1.807, 2.05) is 19.2 Å². The van der Waals surface area contributed by atoms with Gasteiger partial charge in [-0.2, -0.15) is 4.98 Å². The summed E-state index contributed by atoms with van der Waals surface area (Å²) in [5, 5.41) is 38.3. The summed E-state index contributed by atoms with van der Waals surface area (Å²) >= 11 is 1.58. The molecule has 0 radical (unpaired) electrons. The largest absolute Gasteiger partial charge is 0.396 e. The molecule has 3 aromatic rings. The van der Waals surface area contributed by atoms with E-state index in [4.69, 9.17) is 15.0 Å². The monoisotopic (exact) mass is 512 g/mol. The smallest absolute Gasteiger partial charge is 0.225 e. The summed E-state index contributed by atoms with van der Waals surface area (Å²) in [5.74, 6) is 1.82. The lowest BCUT2D eigenvalue weighted by Gasteiger charge is -2.22. The van der Waals surface area contributed by atoms with Gasteiger partial charge in [0.15, 0.2) is 0 Å². The van der Waals surface area contributed by atoms with E-state index in [1.165, 1.54) is 12.8 Å². The van der Waals surface area contributed by atoms with Gasteiger partial charge in [-0.05, 0) is 57.4 Å². The number of rotatable bonds is 9. The van der Waals surface area contributed by atoms with Crippen LogP contribution >= 0.6 is 11.3 Å². The van der Waals surface area contributed by atoms with Crippen molar-refractivity contribution in [2.45, 2.75) is 77.7 Å². The third kappa shape index (κ3) is 5.04. The van der Waals surface area contributed by atoms with E-state index < -0.39 is 18.2 Å². The van der Waals surface area contributed by atoms with Crippen molar-refractivity contribution >= 4 is 33.3 Å². The topological polar surface area (TPSA) is 136 Å². The number of hydrogen-bond acceptors (Lipinski definition) is 10. The predicted molar refractivity (Wildman–Crippen MR) is 142 cm³/mol. The zero-order valence-corrected chi connectivity index (χ0v) is 22.1. The molecule has 10 heteroatoms. The normalized spacial score (nSPS) is 25.0. The van der Waals surface area contributed by atoms with Crippen molar-refractivity contribution in [3.05, 3.63) is 23.7 Å². The van der Waals surface area contributed by atoms with Gasteiger partial charge in [0.2, 0.25) is 5.95 Å². The van der Waals surface area contributed by atoms with Crippen LogP contribution in [0.4, 0.5) is 11.8 Å². The van der Waals surface area contributed by atoms with E-state index in [0.29, 0.717) is 30.0 Å². The zero-order valence-electron chi connectivity index (χ0n) is 21.3. The fraction of sp³-hybridized carbons (Fsp3) is 0.615. The molecule has 194 valence electrons. The number of pyridine rings is 1. The average Bonchev–Trinajstić information content (AvgIpc) is 3.54. The summed E-state index contributed by atoms with van der Waals surface area (Å²) in [6.45, 7) is 8.26. The number of hydrogen-bond donors (Lipinski definition) is 5. The van der Waals surface area contributed by atoms with Gasteiger partial charge in [0.25, 0.3) is 0 Å². The van der Waals surface area contributed by atoms with Gasteiger partial charge in [-0.15, -0.1) is 11.3 Å². The van der Waals surface area contributed by atoms with Crippen LogP contribution < -0.4 is 10.6 Å². The van der Waals surface area contributed by atoms with Gasteiger partial charge in [0.05, 0.1) is 33.8 Å². The first kappa shape index (κ1) is 25.3. The quantitative estimate of drug-likeness (QED) is 0.292. The molecule has 0 aliphatic heterocycles. The van der Waals surface area contributed by atoms with Crippen molar-refractivity contribution in [3.63, 3.8) is 0 Å². The number of anilines is 2. The number of nitrogens with zero attached hydrogens (tertiary/aromatic N) is 4. The molecule has 9 nitrogen and oxygen atoms in total. The Balaban J connectivity index is 1.55. The Morgan fingerprint density at radius 3 is 2.56 bits per heavy atom. The van der Waals surface area contributed by atoms with Crippen LogP contribution in [0.1, 0.15) is 51.4 Å². The molecule has 5 rings (SSSR count). The molecule has 2 aliphatic rings. The molecule has 36 heavy (non-hydrogen) atoms. The molecule has 0 spiro atoms. The summed E-state index contributed by atoms with van der Waals surface area (Å²) < 4.78 is 1.06. The Kier molecular flexibility index (Phi) is 7.13. The van der Waals surface area contributed by atoms with Gasteiger partial charge in [-0.1, -0.05) is 13.8 Å². The number of aliphatic hydroxyl groups is 3. The first-order valence-corrected chi connectivity index (χ1v) is 13.7. The lowest BCUT2D eigenvalue weighted by molar-refractivity contribution is 0.00446. The maximum Gasteiger partial charge on any atom is 0.225 e.